The molecule has 2 aromatic rings. The van der Waals surface area contributed by atoms with Crippen molar-refractivity contribution in [2.45, 2.75) is 4.90 Å². The number of rotatable bonds is 5. The van der Waals surface area contributed by atoms with Gasteiger partial charge in [-0.15, -0.1) is 0 Å². The SMILES string of the molecule is COc1ccc(NC(=O)OS(=O)(=O)c2cccc(C#CCO)c2)cc1OC. The van der Waals surface area contributed by atoms with Crippen LogP contribution in [0.5, 0.6) is 11.5 Å². The van der Waals surface area contributed by atoms with Gasteiger partial charge >= 0.3 is 16.2 Å². The van der Waals surface area contributed by atoms with Crippen LogP contribution in [0.25, 0.3) is 0 Å². The van der Waals surface area contributed by atoms with Gasteiger partial charge < -0.3 is 18.8 Å². The summed E-state index contributed by atoms with van der Waals surface area (Å²) >= 11 is 0. The number of aliphatic hydroxyl groups excluding tert-OH is 1. The summed E-state index contributed by atoms with van der Waals surface area (Å²) < 4.78 is 39.3. The van der Waals surface area contributed by atoms with Crippen LogP contribution >= 0.6 is 0 Å². The molecule has 0 spiro atoms. The third-order valence-corrected chi connectivity index (χ3v) is 4.45. The summed E-state index contributed by atoms with van der Waals surface area (Å²) in [7, 11) is -1.46. The molecule has 8 nitrogen and oxygen atoms in total. The van der Waals surface area contributed by atoms with Gasteiger partial charge in [0.15, 0.2) is 11.5 Å². The van der Waals surface area contributed by atoms with Crippen LogP contribution < -0.4 is 14.8 Å². The minimum Gasteiger partial charge on any atom is -0.493 e. The molecule has 0 saturated heterocycles. The van der Waals surface area contributed by atoms with Crippen molar-refractivity contribution in [2.24, 2.45) is 0 Å². The summed E-state index contributed by atoms with van der Waals surface area (Å²) in [6.45, 7) is -0.360. The summed E-state index contributed by atoms with van der Waals surface area (Å²) in [5, 5.41) is 11.0. The Bertz CT molecular complexity index is 990. The lowest BCUT2D eigenvalue weighted by Crippen LogP contribution is -2.19. The minimum atomic E-state index is -4.35. The number of nitrogens with one attached hydrogen (secondary N) is 1. The predicted octanol–water partition coefficient (Wildman–Crippen LogP) is 1.98. The second-order valence-electron chi connectivity index (χ2n) is 5.01. The van der Waals surface area contributed by atoms with Gasteiger partial charge in [0.2, 0.25) is 0 Å². The highest BCUT2D eigenvalue weighted by Crippen LogP contribution is 2.29. The fraction of sp³-hybridized carbons (Fsp3) is 0.167. The highest BCUT2D eigenvalue weighted by Gasteiger charge is 2.21. The van der Waals surface area contributed by atoms with Crippen molar-refractivity contribution in [2.75, 3.05) is 26.1 Å². The second kappa shape index (κ2) is 8.93. The molecule has 9 heteroatoms. The maximum atomic E-state index is 12.3. The molecule has 2 aromatic carbocycles. The monoisotopic (exact) mass is 391 g/mol. The molecule has 2 rings (SSSR count). The van der Waals surface area contributed by atoms with Crippen molar-refractivity contribution >= 4 is 21.9 Å². The summed E-state index contributed by atoms with van der Waals surface area (Å²) in [5.74, 6) is 5.79. The zero-order valence-corrected chi connectivity index (χ0v) is 15.4. The van der Waals surface area contributed by atoms with Gasteiger partial charge in [-0.25, -0.2) is 4.79 Å². The van der Waals surface area contributed by atoms with Crippen LogP contribution in [0.1, 0.15) is 5.56 Å². The first-order chi connectivity index (χ1) is 12.9. The Balaban J connectivity index is 2.15. The maximum absolute atomic E-state index is 12.3. The molecule has 0 fully saturated rings. The Labute approximate surface area is 156 Å². The molecular formula is C18H17NO7S. The molecule has 2 N–H and O–H groups in total. The number of methoxy groups -OCH3 is 2. The number of carbonyl (C=O) groups excluding carboxylic acids is 1. The van der Waals surface area contributed by atoms with Crippen LogP contribution in [0.4, 0.5) is 10.5 Å². The summed E-state index contributed by atoms with van der Waals surface area (Å²) in [6, 6.07) is 10.0. The van der Waals surface area contributed by atoms with E-state index in [1.165, 1.54) is 44.6 Å². The molecule has 0 saturated carbocycles. The quantitative estimate of drug-likeness (QED) is 0.592. The minimum absolute atomic E-state index is 0.241. The van der Waals surface area contributed by atoms with E-state index in [-0.39, 0.29) is 17.2 Å². The van der Waals surface area contributed by atoms with E-state index in [4.69, 9.17) is 14.6 Å². The van der Waals surface area contributed by atoms with E-state index >= 15 is 0 Å². The van der Waals surface area contributed by atoms with E-state index < -0.39 is 16.2 Å². The predicted molar refractivity (Wildman–Crippen MR) is 97.2 cm³/mol. The van der Waals surface area contributed by atoms with Crippen molar-refractivity contribution in [3.63, 3.8) is 0 Å². The second-order valence-corrected chi connectivity index (χ2v) is 6.55. The summed E-state index contributed by atoms with van der Waals surface area (Å²) in [6.07, 6.45) is -1.19. The Morgan fingerprint density at radius 2 is 1.85 bits per heavy atom. The molecule has 0 aliphatic carbocycles. The van der Waals surface area contributed by atoms with Gasteiger partial charge in [-0.2, -0.15) is 8.42 Å². The number of aliphatic hydroxyl groups is 1. The van der Waals surface area contributed by atoms with Crippen LogP contribution in [0, 0.1) is 11.8 Å². The molecule has 0 atom stereocenters. The fourth-order valence-corrected chi connectivity index (χ4v) is 2.93. The molecule has 0 heterocycles. The lowest BCUT2D eigenvalue weighted by Gasteiger charge is -2.11. The van der Waals surface area contributed by atoms with E-state index in [0.29, 0.717) is 17.1 Å². The maximum Gasteiger partial charge on any atom is 0.427 e. The van der Waals surface area contributed by atoms with Crippen LogP contribution in [0.3, 0.4) is 0 Å². The highest BCUT2D eigenvalue weighted by atomic mass is 32.2. The molecule has 0 aliphatic heterocycles. The Morgan fingerprint density at radius 1 is 1.11 bits per heavy atom. The first-order valence-corrected chi connectivity index (χ1v) is 8.97. The lowest BCUT2D eigenvalue weighted by molar-refractivity contribution is 0.217. The number of amides is 1. The van der Waals surface area contributed by atoms with E-state index in [1.807, 2.05) is 0 Å². The van der Waals surface area contributed by atoms with Gasteiger partial charge in [0.25, 0.3) is 0 Å². The van der Waals surface area contributed by atoms with Crippen molar-refractivity contribution in [3.05, 3.63) is 48.0 Å². The van der Waals surface area contributed by atoms with E-state index in [0.717, 1.165) is 0 Å². The molecule has 1 amide bonds. The van der Waals surface area contributed by atoms with Crippen LogP contribution in [0.2, 0.25) is 0 Å². The number of ether oxygens (including phenoxy) is 2. The molecule has 0 bridgehead atoms. The highest BCUT2D eigenvalue weighted by molar-refractivity contribution is 7.87. The lowest BCUT2D eigenvalue weighted by atomic mass is 10.2. The number of benzene rings is 2. The van der Waals surface area contributed by atoms with E-state index in [2.05, 4.69) is 21.3 Å². The van der Waals surface area contributed by atoms with Crippen molar-refractivity contribution < 1.29 is 32.0 Å². The van der Waals surface area contributed by atoms with Gasteiger partial charge in [-0.05, 0) is 30.3 Å². The normalized spacial score (nSPS) is 10.3. The molecule has 27 heavy (non-hydrogen) atoms. The number of anilines is 1. The van der Waals surface area contributed by atoms with E-state index in [9.17, 15) is 13.2 Å². The molecule has 0 aromatic heterocycles. The number of hydrogen-bond donors (Lipinski definition) is 2. The average molecular weight is 391 g/mol. The third kappa shape index (κ3) is 5.37. The zero-order chi connectivity index (χ0) is 19.9. The molecule has 142 valence electrons. The largest absolute Gasteiger partial charge is 0.493 e. The third-order valence-electron chi connectivity index (χ3n) is 3.25. The summed E-state index contributed by atoms with van der Waals surface area (Å²) in [4.78, 5) is 11.7. The van der Waals surface area contributed by atoms with Gasteiger partial charge in [-0.1, -0.05) is 17.9 Å². The standard InChI is InChI=1S/C18H17NO7S/c1-24-16-9-8-14(12-17(16)25-2)19-18(21)26-27(22,23)15-7-3-5-13(11-15)6-4-10-20/h3,5,7-9,11-12,20H,10H2,1-2H3,(H,19,21). The Morgan fingerprint density at radius 3 is 2.52 bits per heavy atom. The van der Waals surface area contributed by atoms with E-state index in [1.54, 1.807) is 12.1 Å². The van der Waals surface area contributed by atoms with Crippen molar-refractivity contribution in [1.29, 1.82) is 0 Å². The number of hydrogen-bond acceptors (Lipinski definition) is 7. The van der Waals surface area contributed by atoms with Gasteiger partial charge in [-0.3, -0.25) is 5.32 Å². The van der Waals surface area contributed by atoms with Crippen molar-refractivity contribution in [3.8, 4) is 23.3 Å². The summed E-state index contributed by atoms with van der Waals surface area (Å²) in [5.41, 5.74) is 0.615. The van der Waals surface area contributed by atoms with Crippen LogP contribution in [0.15, 0.2) is 47.4 Å². The number of carbonyl (C=O) groups is 1. The first kappa shape index (κ1) is 20.1. The average Bonchev–Trinajstić information content (AvgIpc) is 2.66. The molecule has 0 aliphatic rings. The molecular weight excluding hydrogens is 374 g/mol. The Kier molecular flexibility index (Phi) is 6.65. The molecule has 0 radical (unpaired) electrons. The van der Waals surface area contributed by atoms with Crippen LogP contribution in [-0.4, -0.2) is 40.4 Å². The molecule has 0 unspecified atom stereocenters. The zero-order valence-electron chi connectivity index (χ0n) is 14.6. The smallest absolute Gasteiger partial charge is 0.427 e. The Hall–Kier alpha value is -3.22. The van der Waals surface area contributed by atoms with Crippen molar-refractivity contribution in [1.82, 2.24) is 0 Å². The van der Waals surface area contributed by atoms with Crippen LogP contribution in [-0.2, 0) is 14.3 Å². The fourth-order valence-electron chi connectivity index (χ4n) is 2.07. The van der Waals surface area contributed by atoms with Gasteiger partial charge in [0.05, 0.1) is 14.2 Å². The first-order valence-electron chi connectivity index (χ1n) is 7.57. The topological polar surface area (TPSA) is 111 Å². The van der Waals surface area contributed by atoms with Gasteiger partial charge in [0.1, 0.15) is 11.5 Å². The van der Waals surface area contributed by atoms with Gasteiger partial charge in [0, 0.05) is 17.3 Å².